The van der Waals surface area contributed by atoms with Crippen molar-refractivity contribution >= 4 is 11.8 Å². The number of nitrogens with zero attached hydrogens (tertiary/aromatic N) is 2. The first-order valence-electron chi connectivity index (χ1n) is 3.51. The van der Waals surface area contributed by atoms with Gasteiger partial charge in [-0.3, -0.25) is 15.3 Å². The number of hydrogen-bond acceptors (Lipinski definition) is 3. The fourth-order valence-corrected chi connectivity index (χ4v) is 1.29. The number of fused-ring (bicyclic) bond motifs is 1. The minimum Gasteiger partial charge on any atom is -0.354 e. The molecule has 2 aliphatic heterocycles. The highest BCUT2D eigenvalue weighted by molar-refractivity contribution is 6.01. The van der Waals surface area contributed by atoms with E-state index in [2.05, 4.69) is 10.3 Å². The van der Waals surface area contributed by atoms with E-state index in [1.54, 1.807) is 0 Å². The second-order valence-electron chi connectivity index (χ2n) is 2.48. The molecule has 0 bridgehead atoms. The number of nitrogens with one attached hydrogen (secondary N) is 2. The van der Waals surface area contributed by atoms with Crippen LogP contribution in [-0.2, 0) is 0 Å². The second kappa shape index (κ2) is 1.97. The quantitative estimate of drug-likeness (QED) is 0.480. The lowest BCUT2D eigenvalue weighted by molar-refractivity contribution is 0.628. The molecule has 2 heterocycles. The number of rotatable bonds is 0. The Morgan fingerprint density at radius 2 is 2.50 bits per heavy atom. The molecule has 1 saturated heterocycles. The molecule has 2 N–H and O–H groups in total. The van der Waals surface area contributed by atoms with Crippen LogP contribution in [0.1, 0.15) is 6.42 Å². The summed E-state index contributed by atoms with van der Waals surface area (Å²) in [5.74, 6) is 1.60. The Bertz CT molecular complexity index is 196. The van der Waals surface area contributed by atoms with Gasteiger partial charge in [-0.15, -0.1) is 0 Å². The normalized spacial score (nSPS) is 23.8. The van der Waals surface area contributed by atoms with Crippen LogP contribution in [0.25, 0.3) is 0 Å². The third kappa shape index (κ3) is 0.683. The van der Waals surface area contributed by atoms with Crippen molar-refractivity contribution in [1.29, 1.82) is 5.41 Å². The van der Waals surface area contributed by atoms with E-state index in [1.807, 2.05) is 4.90 Å². The van der Waals surface area contributed by atoms with E-state index in [1.165, 1.54) is 0 Å². The summed E-state index contributed by atoms with van der Waals surface area (Å²) in [6, 6.07) is 0. The molecular formula is C6H10N4. The molecule has 0 radical (unpaired) electrons. The zero-order valence-electron chi connectivity index (χ0n) is 5.72. The molecule has 0 aromatic carbocycles. The summed E-state index contributed by atoms with van der Waals surface area (Å²) in [6.45, 7) is 2.62. The van der Waals surface area contributed by atoms with Gasteiger partial charge in [0.15, 0.2) is 5.96 Å². The van der Waals surface area contributed by atoms with Gasteiger partial charge >= 0.3 is 0 Å². The van der Waals surface area contributed by atoms with Gasteiger partial charge in [0.1, 0.15) is 5.84 Å². The fraction of sp³-hybridized carbons (Fsp3) is 0.667. The summed E-state index contributed by atoms with van der Waals surface area (Å²) < 4.78 is 0. The number of aliphatic imine (C=N–C) groups is 1. The van der Waals surface area contributed by atoms with Gasteiger partial charge in [0, 0.05) is 26.1 Å². The van der Waals surface area contributed by atoms with Crippen molar-refractivity contribution in [1.82, 2.24) is 10.2 Å². The first-order valence-corrected chi connectivity index (χ1v) is 3.51. The maximum Gasteiger partial charge on any atom is 0.199 e. The summed E-state index contributed by atoms with van der Waals surface area (Å²) in [4.78, 5) is 6.17. The molecule has 0 unspecified atom stereocenters. The molecular weight excluding hydrogens is 128 g/mol. The molecule has 0 aromatic heterocycles. The van der Waals surface area contributed by atoms with E-state index in [4.69, 9.17) is 5.41 Å². The van der Waals surface area contributed by atoms with Crippen LogP contribution in [0.15, 0.2) is 4.99 Å². The van der Waals surface area contributed by atoms with Crippen molar-refractivity contribution in [2.45, 2.75) is 6.42 Å². The average molecular weight is 138 g/mol. The predicted molar refractivity (Wildman–Crippen MR) is 39.4 cm³/mol. The molecule has 1 fully saturated rings. The fourth-order valence-electron chi connectivity index (χ4n) is 1.29. The highest BCUT2D eigenvalue weighted by atomic mass is 15.4. The predicted octanol–water partition coefficient (Wildman–Crippen LogP) is -0.371. The Morgan fingerprint density at radius 1 is 1.60 bits per heavy atom. The van der Waals surface area contributed by atoms with Gasteiger partial charge in [0.2, 0.25) is 0 Å². The topological polar surface area (TPSA) is 51.5 Å². The van der Waals surface area contributed by atoms with Crippen molar-refractivity contribution in [3.8, 4) is 0 Å². The standard InChI is InChI=1S/C6H10N4/c7-5-1-2-8-6-9-3-4-10(5)6/h7H,1-4H2,(H,8,9). The van der Waals surface area contributed by atoms with Crippen LogP contribution < -0.4 is 5.32 Å². The highest BCUT2D eigenvalue weighted by Crippen LogP contribution is 2.06. The maximum absolute atomic E-state index is 7.52. The lowest BCUT2D eigenvalue weighted by atomic mass is 10.3. The monoisotopic (exact) mass is 138 g/mol. The summed E-state index contributed by atoms with van der Waals surface area (Å²) >= 11 is 0. The van der Waals surface area contributed by atoms with Crippen molar-refractivity contribution in [2.75, 3.05) is 19.6 Å². The van der Waals surface area contributed by atoms with Gasteiger partial charge in [-0.25, -0.2) is 0 Å². The van der Waals surface area contributed by atoms with Crippen LogP contribution in [0.5, 0.6) is 0 Å². The van der Waals surface area contributed by atoms with Crippen molar-refractivity contribution < 1.29 is 0 Å². The van der Waals surface area contributed by atoms with E-state index < -0.39 is 0 Å². The van der Waals surface area contributed by atoms with Gasteiger partial charge in [0.25, 0.3) is 0 Å². The van der Waals surface area contributed by atoms with E-state index >= 15 is 0 Å². The molecule has 0 amide bonds. The Kier molecular flexibility index (Phi) is 1.12. The molecule has 2 aliphatic rings. The Labute approximate surface area is 59.4 Å². The lowest BCUT2D eigenvalue weighted by Crippen LogP contribution is -2.38. The third-order valence-corrected chi connectivity index (χ3v) is 1.81. The summed E-state index contributed by atoms with van der Waals surface area (Å²) in [5.41, 5.74) is 0. The first-order chi connectivity index (χ1) is 4.88. The van der Waals surface area contributed by atoms with Crippen LogP contribution >= 0.6 is 0 Å². The van der Waals surface area contributed by atoms with Crippen LogP contribution in [0.2, 0.25) is 0 Å². The molecule has 0 saturated carbocycles. The Hall–Kier alpha value is -1.06. The molecule has 4 heteroatoms. The number of guanidine groups is 1. The van der Waals surface area contributed by atoms with Crippen molar-refractivity contribution in [3.63, 3.8) is 0 Å². The van der Waals surface area contributed by atoms with Gasteiger partial charge in [-0.1, -0.05) is 0 Å². The average Bonchev–Trinajstić information content (AvgIpc) is 2.36. The zero-order valence-corrected chi connectivity index (χ0v) is 5.72. The zero-order chi connectivity index (χ0) is 6.97. The summed E-state index contributed by atoms with van der Waals surface area (Å²) in [6.07, 6.45) is 0.797. The largest absolute Gasteiger partial charge is 0.354 e. The number of hydrogen-bond donors (Lipinski definition) is 2. The molecule has 4 nitrogen and oxygen atoms in total. The molecule has 0 aliphatic carbocycles. The second-order valence-corrected chi connectivity index (χ2v) is 2.48. The van der Waals surface area contributed by atoms with Gasteiger partial charge < -0.3 is 5.32 Å². The highest BCUT2D eigenvalue weighted by Gasteiger charge is 2.23. The maximum atomic E-state index is 7.52. The van der Waals surface area contributed by atoms with Crippen LogP contribution in [0.3, 0.4) is 0 Å². The van der Waals surface area contributed by atoms with E-state index in [-0.39, 0.29) is 0 Å². The smallest absolute Gasteiger partial charge is 0.199 e. The summed E-state index contributed by atoms with van der Waals surface area (Å²) in [7, 11) is 0. The van der Waals surface area contributed by atoms with Crippen LogP contribution in [0, 0.1) is 5.41 Å². The molecule has 54 valence electrons. The molecule has 0 atom stereocenters. The molecule has 10 heavy (non-hydrogen) atoms. The van der Waals surface area contributed by atoms with Crippen molar-refractivity contribution in [3.05, 3.63) is 0 Å². The molecule has 0 aromatic rings. The third-order valence-electron chi connectivity index (χ3n) is 1.81. The minimum atomic E-state index is 0.704. The molecule has 2 rings (SSSR count). The van der Waals surface area contributed by atoms with E-state index in [9.17, 15) is 0 Å². The Morgan fingerprint density at radius 3 is 3.30 bits per heavy atom. The summed E-state index contributed by atoms with van der Waals surface area (Å²) in [5, 5.41) is 10.6. The van der Waals surface area contributed by atoms with Crippen LogP contribution in [-0.4, -0.2) is 36.3 Å². The van der Waals surface area contributed by atoms with Gasteiger partial charge in [-0.05, 0) is 0 Å². The first kappa shape index (κ1) is 5.70. The van der Waals surface area contributed by atoms with Gasteiger partial charge in [-0.2, -0.15) is 0 Å². The number of amidine groups is 1. The van der Waals surface area contributed by atoms with Crippen molar-refractivity contribution in [2.24, 2.45) is 4.99 Å². The molecule has 0 spiro atoms. The van der Waals surface area contributed by atoms with Crippen LogP contribution in [0.4, 0.5) is 0 Å². The van der Waals surface area contributed by atoms with E-state index in [0.717, 1.165) is 32.0 Å². The van der Waals surface area contributed by atoms with Gasteiger partial charge in [0.05, 0.1) is 0 Å². The minimum absolute atomic E-state index is 0.704. The lowest BCUT2D eigenvalue weighted by Gasteiger charge is -2.21. The Balaban J connectivity index is 2.26. The van der Waals surface area contributed by atoms with E-state index in [0.29, 0.717) is 5.84 Å². The SMILES string of the molecule is N=C1CCN=C2NCCN12.